The summed E-state index contributed by atoms with van der Waals surface area (Å²) in [6.07, 6.45) is 0.999. The van der Waals surface area contributed by atoms with Gasteiger partial charge in [0.25, 0.3) is 0 Å². The van der Waals surface area contributed by atoms with Crippen LogP contribution in [0, 0.1) is 6.92 Å². The second kappa shape index (κ2) is 11.4. The third-order valence-electron chi connectivity index (χ3n) is 5.04. The Morgan fingerprint density at radius 3 is 2.45 bits per heavy atom. The molecule has 0 spiro atoms. The van der Waals surface area contributed by atoms with Crippen molar-refractivity contribution in [3.63, 3.8) is 0 Å². The Bertz CT molecular complexity index is 1110. The zero-order valence-corrected chi connectivity index (χ0v) is 21.0. The van der Waals surface area contributed by atoms with Crippen molar-refractivity contribution in [3.8, 4) is 5.75 Å². The molecule has 8 nitrogen and oxygen atoms in total. The number of halogens is 1. The lowest BCUT2D eigenvalue weighted by Gasteiger charge is -2.31. The fraction of sp³-hybridized carbons (Fsp3) is 0.391. The highest BCUT2D eigenvalue weighted by Gasteiger charge is 2.31. The predicted octanol–water partition coefficient (Wildman–Crippen LogP) is 2.98. The third-order valence-corrected chi connectivity index (χ3v) is 6.40. The quantitative estimate of drug-likeness (QED) is 0.546. The Kier molecular flexibility index (Phi) is 9.13. The summed E-state index contributed by atoms with van der Waals surface area (Å²) >= 11 is 6.09. The van der Waals surface area contributed by atoms with Gasteiger partial charge in [0, 0.05) is 18.1 Å². The van der Waals surface area contributed by atoms with Crippen LogP contribution in [0.25, 0.3) is 0 Å². The largest absolute Gasteiger partial charge is 0.495 e. The van der Waals surface area contributed by atoms with Crippen LogP contribution < -0.4 is 14.4 Å². The molecule has 0 saturated heterocycles. The van der Waals surface area contributed by atoms with Gasteiger partial charge in [-0.15, -0.1) is 0 Å². The van der Waals surface area contributed by atoms with Gasteiger partial charge in [-0.25, -0.2) is 8.42 Å². The van der Waals surface area contributed by atoms with Crippen molar-refractivity contribution in [2.45, 2.75) is 33.4 Å². The van der Waals surface area contributed by atoms with Crippen LogP contribution >= 0.6 is 11.6 Å². The maximum atomic E-state index is 13.5. The summed E-state index contributed by atoms with van der Waals surface area (Å²) in [5, 5.41) is 3.01. The van der Waals surface area contributed by atoms with Crippen LogP contribution in [0.3, 0.4) is 0 Å². The molecule has 33 heavy (non-hydrogen) atoms. The number of nitrogens with one attached hydrogen (secondary N) is 1. The number of hydrogen-bond acceptors (Lipinski definition) is 5. The third kappa shape index (κ3) is 7.10. The number of aryl methyl sites for hydroxylation is 1. The van der Waals surface area contributed by atoms with E-state index in [2.05, 4.69) is 5.32 Å². The number of nitrogens with zero attached hydrogens (tertiary/aromatic N) is 2. The fourth-order valence-electron chi connectivity index (χ4n) is 3.36. The monoisotopic (exact) mass is 495 g/mol. The molecule has 0 heterocycles. The number of methoxy groups -OCH3 is 1. The van der Waals surface area contributed by atoms with E-state index in [1.54, 1.807) is 19.9 Å². The number of carbonyl (C=O) groups excluding carboxylic acids is 2. The van der Waals surface area contributed by atoms with E-state index in [0.29, 0.717) is 11.6 Å². The van der Waals surface area contributed by atoms with Crippen molar-refractivity contribution in [1.29, 1.82) is 0 Å². The number of amides is 2. The van der Waals surface area contributed by atoms with Gasteiger partial charge in [-0.2, -0.15) is 0 Å². The maximum absolute atomic E-state index is 13.5. The first kappa shape index (κ1) is 26.5. The van der Waals surface area contributed by atoms with E-state index in [9.17, 15) is 18.0 Å². The van der Waals surface area contributed by atoms with Crippen molar-refractivity contribution < 1.29 is 22.7 Å². The fourth-order valence-corrected chi connectivity index (χ4v) is 4.38. The lowest BCUT2D eigenvalue weighted by molar-refractivity contribution is -0.139. The Balaban J connectivity index is 2.46. The smallest absolute Gasteiger partial charge is 0.244 e. The second-order valence-corrected chi connectivity index (χ2v) is 10.0. The summed E-state index contributed by atoms with van der Waals surface area (Å²) in [6, 6.07) is 11.3. The molecule has 0 saturated carbocycles. The Morgan fingerprint density at radius 2 is 1.88 bits per heavy atom. The molecule has 0 aliphatic carbocycles. The first-order valence-corrected chi connectivity index (χ1v) is 12.6. The van der Waals surface area contributed by atoms with Crippen molar-refractivity contribution >= 4 is 39.1 Å². The van der Waals surface area contributed by atoms with Gasteiger partial charge in [0.1, 0.15) is 18.3 Å². The minimum atomic E-state index is -3.89. The highest BCUT2D eigenvalue weighted by Crippen LogP contribution is 2.33. The highest BCUT2D eigenvalue weighted by atomic mass is 35.5. The first-order valence-electron chi connectivity index (χ1n) is 10.4. The number of benzene rings is 2. The molecule has 180 valence electrons. The predicted molar refractivity (Wildman–Crippen MR) is 130 cm³/mol. The molecule has 0 aliphatic heterocycles. The zero-order valence-electron chi connectivity index (χ0n) is 19.5. The van der Waals surface area contributed by atoms with E-state index >= 15 is 0 Å². The topological polar surface area (TPSA) is 96.0 Å². The van der Waals surface area contributed by atoms with Crippen LogP contribution in [0.2, 0.25) is 5.02 Å². The zero-order chi connectivity index (χ0) is 24.8. The number of carbonyl (C=O) groups is 2. The normalized spacial score (nSPS) is 12.1. The average Bonchev–Trinajstić information content (AvgIpc) is 2.74. The lowest BCUT2D eigenvalue weighted by atomic mass is 10.1. The van der Waals surface area contributed by atoms with Crippen LogP contribution in [0.4, 0.5) is 5.69 Å². The van der Waals surface area contributed by atoms with Crippen LogP contribution in [0.5, 0.6) is 5.75 Å². The molecule has 1 unspecified atom stereocenters. The SMILES string of the molecule is CCNC(=O)C(C)N(Cc1cccc(C)c1)C(=O)CN(c1cc(Cl)ccc1OC)S(C)(=O)=O. The van der Waals surface area contributed by atoms with Crippen LogP contribution in [0.1, 0.15) is 25.0 Å². The van der Waals surface area contributed by atoms with E-state index in [1.807, 2.05) is 31.2 Å². The number of anilines is 1. The highest BCUT2D eigenvalue weighted by molar-refractivity contribution is 7.92. The Labute approximate surface area is 200 Å². The molecule has 0 radical (unpaired) electrons. The van der Waals surface area contributed by atoms with E-state index in [1.165, 1.54) is 24.1 Å². The van der Waals surface area contributed by atoms with Gasteiger partial charge in [0.15, 0.2) is 0 Å². The van der Waals surface area contributed by atoms with Gasteiger partial charge < -0.3 is 15.0 Å². The molecular weight excluding hydrogens is 466 g/mol. The number of hydrogen-bond donors (Lipinski definition) is 1. The molecule has 0 fully saturated rings. The lowest BCUT2D eigenvalue weighted by Crippen LogP contribution is -2.51. The van der Waals surface area contributed by atoms with Crippen LogP contribution in [-0.4, -0.2) is 57.6 Å². The van der Waals surface area contributed by atoms with Gasteiger partial charge in [0.05, 0.1) is 19.1 Å². The molecule has 2 amide bonds. The summed E-state index contributed by atoms with van der Waals surface area (Å²) in [5.41, 5.74) is 1.97. The molecule has 0 aliphatic rings. The summed E-state index contributed by atoms with van der Waals surface area (Å²) < 4.78 is 31.5. The van der Waals surface area contributed by atoms with Gasteiger partial charge in [0.2, 0.25) is 21.8 Å². The number of rotatable bonds is 10. The minimum Gasteiger partial charge on any atom is -0.495 e. The molecule has 2 rings (SSSR count). The Hall–Kier alpha value is -2.78. The summed E-state index contributed by atoms with van der Waals surface area (Å²) in [7, 11) is -2.49. The summed E-state index contributed by atoms with van der Waals surface area (Å²) in [4.78, 5) is 27.4. The molecule has 1 N–H and O–H groups in total. The van der Waals surface area contributed by atoms with E-state index in [4.69, 9.17) is 16.3 Å². The van der Waals surface area contributed by atoms with Crippen LogP contribution in [-0.2, 0) is 26.2 Å². The minimum absolute atomic E-state index is 0.141. The summed E-state index contributed by atoms with van der Waals surface area (Å²) in [6.45, 7) is 5.36. The molecule has 1 atom stereocenters. The van der Waals surface area contributed by atoms with Gasteiger partial charge >= 0.3 is 0 Å². The second-order valence-electron chi connectivity index (χ2n) is 7.67. The molecular formula is C23H30ClN3O5S. The van der Waals surface area contributed by atoms with E-state index < -0.39 is 28.5 Å². The van der Waals surface area contributed by atoms with Gasteiger partial charge in [-0.05, 0) is 44.5 Å². The van der Waals surface area contributed by atoms with Gasteiger partial charge in [-0.1, -0.05) is 41.4 Å². The average molecular weight is 496 g/mol. The maximum Gasteiger partial charge on any atom is 0.244 e. The molecule has 2 aromatic rings. The van der Waals surface area contributed by atoms with E-state index in [0.717, 1.165) is 21.7 Å². The van der Waals surface area contributed by atoms with Crippen LogP contribution in [0.15, 0.2) is 42.5 Å². The first-order chi connectivity index (χ1) is 15.5. The molecule has 2 aromatic carbocycles. The molecule has 0 bridgehead atoms. The van der Waals surface area contributed by atoms with Crippen molar-refractivity contribution in [3.05, 3.63) is 58.6 Å². The van der Waals surface area contributed by atoms with Crippen molar-refractivity contribution in [2.24, 2.45) is 0 Å². The standard InChI is InChI=1S/C23H30ClN3O5S/c1-6-25-23(29)17(3)26(14-18-9-7-8-16(2)12-18)22(28)15-27(33(5,30)31)20-13-19(24)10-11-21(20)32-4/h7-13,17H,6,14-15H2,1-5H3,(H,25,29). The molecule has 0 aromatic heterocycles. The van der Waals surface area contributed by atoms with Gasteiger partial charge in [-0.3, -0.25) is 13.9 Å². The Morgan fingerprint density at radius 1 is 1.18 bits per heavy atom. The number of sulfonamides is 1. The molecule has 10 heteroatoms. The number of ether oxygens (including phenoxy) is 1. The van der Waals surface area contributed by atoms with E-state index in [-0.39, 0.29) is 23.9 Å². The summed E-state index contributed by atoms with van der Waals surface area (Å²) in [5.74, 6) is -0.618. The van der Waals surface area contributed by atoms with Crippen molar-refractivity contribution in [1.82, 2.24) is 10.2 Å². The van der Waals surface area contributed by atoms with Crippen molar-refractivity contribution in [2.75, 3.05) is 30.8 Å². The number of likely N-dealkylation sites (N-methyl/N-ethyl adjacent to an activating group) is 1.